The van der Waals surface area contributed by atoms with Gasteiger partial charge in [-0.15, -0.1) is 12.4 Å². The Morgan fingerprint density at radius 3 is 2.72 bits per heavy atom. The van der Waals surface area contributed by atoms with E-state index in [1.165, 1.54) is 0 Å². The first kappa shape index (κ1) is 15.0. The second kappa shape index (κ2) is 6.73. The molecule has 1 amide bonds. The summed E-state index contributed by atoms with van der Waals surface area (Å²) < 4.78 is 0. The number of hydrogen-bond acceptors (Lipinski definition) is 3. The molecule has 1 heterocycles. The fraction of sp³-hybridized carbons (Fsp3) is 0.462. The molecule has 0 radical (unpaired) electrons. The van der Waals surface area contributed by atoms with Crippen LogP contribution in [0.15, 0.2) is 30.3 Å². The van der Waals surface area contributed by atoms with E-state index in [9.17, 15) is 9.90 Å². The summed E-state index contributed by atoms with van der Waals surface area (Å²) in [7, 11) is 0. The van der Waals surface area contributed by atoms with Gasteiger partial charge in [0.2, 0.25) is 0 Å². The number of nitrogens with zero attached hydrogens (tertiary/aromatic N) is 1. The first-order valence-corrected chi connectivity index (χ1v) is 5.93. The molecule has 100 valence electrons. The molecule has 0 aliphatic carbocycles. The zero-order valence-corrected chi connectivity index (χ0v) is 11.2. The smallest absolute Gasteiger partial charge is 0.256 e. The van der Waals surface area contributed by atoms with Crippen molar-refractivity contribution < 1.29 is 9.90 Å². The molecule has 1 fully saturated rings. The van der Waals surface area contributed by atoms with Crippen molar-refractivity contribution in [1.29, 1.82) is 0 Å². The van der Waals surface area contributed by atoms with Crippen LogP contribution in [0.25, 0.3) is 0 Å². The third-order valence-electron chi connectivity index (χ3n) is 3.03. The highest BCUT2D eigenvalue weighted by Gasteiger charge is 2.26. The highest BCUT2D eigenvalue weighted by molar-refractivity contribution is 5.85. The summed E-state index contributed by atoms with van der Waals surface area (Å²) in [5.41, 5.74) is 0.656. The number of aliphatic hydroxyl groups is 1. The maximum Gasteiger partial charge on any atom is 0.256 e. The van der Waals surface area contributed by atoms with Crippen LogP contribution in [-0.4, -0.2) is 41.6 Å². The first-order chi connectivity index (χ1) is 8.18. The number of carbonyl (C=O) groups is 1. The Labute approximate surface area is 113 Å². The summed E-state index contributed by atoms with van der Waals surface area (Å²) in [6, 6.07) is 9.35. The van der Waals surface area contributed by atoms with Gasteiger partial charge in [-0.05, 0) is 12.5 Å². The fourth-order valence-corrected chi connectivity index (χ4v) is 2.08. The minimum atomic E-state index is -1.04. The van der Waals surface area contributed by atoms with Gasteiger partial charge >= 0.3 is 0 Å². The lowest BCUT2D eigenvalue weighted by Gasteiger charge is -2.33. The van der Waals surface area contributed by atoms with E-state index in [1.54, 1.807) is 17.0 Å². The van der Waals surface area contributed by atoms with Crippen molar-refractivity contribution in [2.24, 2.45) is 0 Å². The molecule has 2 unspecified atom stereocenters. The van der Waals surface area contributed by atoms with E-state index in [0.717, 1.165) is 6.54 Å². The number of amides is 1. The number of aliphatic hydroxyl groups excluding tert-OH is 1. The highest BCUT2D eigenvalue weighted by Crippen LogP contribution is 2.16. The maximum absolute atomic E-state index is 12.1. The zero-order valence-electron chi connectivity index (χ0n) is 10.4. The molecule has 0 saturated carbocycles. The number of carbonyl (C=O) groups excluding carboxylic acids is 1. The molecule has 0 bridgehead atoms. The molecule has 4 nitrogen and oxygen atoms in total. The lowest BCUT2D eigenvalue weighted by molar-refractivity contribution is -0.141. The van der Waals surface area contributed by atoms with E-state index in [1.807, 2.05) is 25.1 Å². The number of halogens is 1. The summed E-state index contributed by atoms with van der Waals surface area (Å²) in [5, 5.41) is 13.3. The van der Waals surface area contributed by atoms with Gasteiger partial charge in [0.25, 0.3) is 5.91 Å². The molecule has 0 spiro atoms. The first-order valence-electron chi connectivity index (χ1n) is 5.93. The van der Waals surface area contributed by atoms with E-state index in [-0.39, 0.29) is 24.4 Å². The Balaban J connectivity index is 0.00000162. The Morgan fingerprint density at radius 1 is 1.44 bits per heavy atom. The third kappa shape index (κ3) is 3.45. The van der Waals surface area contributed by atoms with E-state index >= 15 is 0 Å². The van der Waals surface area contributed by atoms with Crippen LogP contribution in [0.5, 0.6) is 0 Å². The topological polar surface area (TPSA) is 52.6 Å². The summed E-state index contributed by atoms with van der Waals surface area (Å²) in [4.78, 5) is 13.8. The van der Waals surface area contributed by atoms with Crippen LogP contribution in [0, 0.1) is 0 Å². The SMILES string of the molecule is CC1CN(C(=O)C(O)c2ccccc2)CCN1.Cl. The lowest BCUT2D eigenvalue weighted by Crippen LogP contribution is -2.52. The summed E-state index contributed by atoms with van der Waals surface area (Å²) in [5.74, 6) is -0.204. The number of rotatable bonds is 2. The second-order valence-corrected chi connectivity index (χ2v) is 4.45. The molecule has 1 aromatic rings. The minimum absolute atomic E-state index is 0. The molecule has 1 saturated heterocycles. The van der Waals surface area contributed by atoms with Crippen molar-refractivity contribution >= 4 is 18.3 Å². The van der Waals surface area contributed by atoms with Crippen molar-refractivity contribution in [2.75, 3.05) is 19.6 Å². The molecule has 2 atom stereocenters. The summed E-state index contributed by atoms with van der Waals surface area (Å²) in [6.07, 6.45) is -1.04. The summed E-state index contributed by atoms with van der Waals surface area (Å²) >= 11 is 0. The quantitative estimate of drug-likeness (QED) is 0.842. The van der Waals surface area contributed by atoms with Gasteiger partial charge in [-0.25, -0.2) is 0 Å². The van der Waals surface area contributed by atoms with E-state index in [0.29, 0.717) is 18.7 Å². The van der Waals surface area contributed by atoms with Crippen molar-refractivity contribution in [3.05, 3.63) is 35.9 Å². The predicted molar refractivity (Wildman–Crippen MR) is 72.7 cm³/mol. The van der Waals surface area contributed by atoms with E-state index in [2.05, 4.69) is 5.32 Å². The maximum atomic E-state index is 12.1. The highest BCUT2D eigenvalue weighted by atomic mass is 35.5. The lowest BCUT2D eigenvalue weighted by atomic mass is 10.1. The van der Waals surface area contributed by atoms with E-state index < -0.39 is 6.10 Å². The number of hydrogen-bond donors (Lipinski definition) is 2. The molecule has 0 aromatic heterocycles. The van der Waals surface area contributed by atoms with Gasteiger partial charge < -0.3 is 15.3 Å². The van der Waals surface area contributed by atoms with Gasteiger partial charge in [-0.3, -0.25) is 4.79 Å². The average molecular weight is 271 g/mol. The van der Waals surface area contributed by atoms with Gasteiger partial charge in [-0.2, -0.15) is 0 Å². The number of piperazine rings is 1. The van der Waals surface area contributed by atoms with Gasteiger partial charge in [-0.1, -0.05) is 30.3 Å². The molecular formula is C13H19ClN2O2. The van der Waals surface area contributed by atoms with Crippen LogP contribution < -0.4 is 5.32 Å². The average Bonchev–Trinajstić information content (AvgIpc) is 2.38. The van der Waals surface area contributed by atoms with Crippen LogP contribution in [-0.2, 0) is 4.79 Å². The molecule has 1 aliphatic heterocycles. The van der Waals surface area contributed by atoms with Crippen molar-refractivity contribution in [3.8, 4) is 0 Å². The van der Waals surface area contributed by atoms with Gasteiger partial charge in [0, 0.05) is 25.7 Å². The van der Waals surface area contributed by atoms with Gasteiger partial charge in [0.15, 0.2) is 6.10 Å². The number of nitrogens with one attached hydrogen (secondary N) is 1. The number of benzene rings is 1. The second-order valence-electron chi connectivity index (χ2n) is 4.45. The van der Waals surface area contributed by atoms with Crippen LogP contribution in [0.2, 0.25) is 0 Å². The molecule has 1 aliphatic rings. The van der Waals surface area contributed by atoms with Crippen LogP contribution in [0.3, 0.4) is 0 Å². The Bertz CT molecular complexity index is 386. The van der Waals surface area contributed by atoms with Crippen molar-refractivity contribution in [2.45, 2.75) is 19.1 Å². The van der Waals surface area contributed by atoms with Gasteiger partial charge in [0.1, 0.15) is 0 Å². The Morgan fingerprint density at radius 2 is 2.11 bits per heavy atom. The van der Waals surface area contributed by atoms with Crippen LogP contribution >= 0.6 is 12.4 Å². The van der Waals surface area contributed by atoms with Crippen molar-refractivity contribution in [3.63, 3.8) is 0 Å². The Hall–Kier alpha value is -1.10. The summed E-state index contributed by atoms with van der Waals surface area (Å²) in [6.45, 7) is 4.14. The molecule has 2 N–H and O–H groups in total. The Kier molecular flexibility index (Phi) is 5.59. The minimum Gasteiger partial charge on any atom is -0.378 e. The fourth-order valence-electron chi connectivity index (χ4n) is 2.08. The molecule has 18 heavy (non-hydrogen) atoms. The molecule has 1 aromatic carbocycles. The largest absolute Gasteiger partial charge is 0.378 e. The molecule has 2 rings (SSSR count). The zero-order chi connectivity index (χ0) is 12.3. The van der Waals surface area contributed by atoms with E-state index in [4.69, 9.17) is 0 Å². The predicted octanol–water partition coefficient (Wildman–Crippen LogP) is 0.962. The monoisotopic (exact) mass is 270 g/mol. The van der Waals surface area contributed by atoms with Crippen LogP contribution in [0.4, 0.5) is 0 Å². The molecular weight excluding hydrogens is 252 g/mol. The molecule has 5 heteroatoms. The van der Waals surface area contributed by atoms with Crippen molar-refractivity contribution in [1.82, 2.24) is 10.2 Å². The standard InChI is InChI=1S/C13H18N2O2.ClH/c1-10-9-15(8-7-14-10)13(17)12(16)11-5-3-2-4-6-11;/h2-6,10,12,14,16H,7-9H2,1H3;1H. The normalized spacial score (nSPS) is 21.0. The van der Waals surface area contributed by atoms with Crippen LogP contribution in [0.1, 0.15) is 18.6 Å². The third-order valence-corrected chi connectivity index (χ3v) is 3.03. The van der Waals surface area contributed by atoms with Gasteiger partial charge in [0.05, 0.1) is 0 Å².